The first kappa shape index (κ1) is 20.1. The van der Waals surface area contributed by atoms with Crippen LogP contribution in [0.3, 0.4) is 0 Å². The summed E-state index contributed by atoms with van der Waals surface area (Å²) in [5.41, 5.74) is 0.817. The molecule has 2 aromatic rings. The van der Waals surface area contributed by atoms with Crippen LogP contribution in [0.5, 0.6) is 0 Å². The third-order valence-electron chi connectivity index (χ3n) is 5.46. The Labute approximate surface area is 175 Å². The molecule has 0 saturated carbocycles. The van der Waals surface area contributed by atoms with E-state index in [4.69, 9.17) is 4.74 Å². The van der Waals surface area contributed by atoms with Gasteiger partial charge in [0.2, 0.25) is 5.91 Å². The molecule has 2 aromatic heterocycles. The fraction of sp³-hybridized carbons (Fsp3) is 0.571. The molecular weight excluding hydrogens is 388 g/mol. The summed E-state index contributed by atoms with van der Waals surface area (Å²) in [5, 5.41) is 7.27. The highest BCUT2D eigenvalue weighted by atomic mass is 32.1. The molecule has 1 N–H and O–H groups in total. The minimum atomic E-state index is -0.456. The first-order valence-corrected chi connectivity index (χ1v) is 10.8. The van der Waals surface area contributed by atoms with Crippen molar-refractivity contribution in [1.82, 2.24) is 20.0 Å². The van der Waals surface area contributed by atoms with Crippen molar-refractivity contribution in [2.75, 3.05) is 32.8 Å². The van der Waals surface area contributed by atoms with Gasteiger partial charge >= 0.3 is 0 Å². The normalized spacial score (nSPS) is 22.5. The number of aromatic amines is 1. The highest BCUT2D eigenvalue weighted by Crippen LogP contribution is 2.28. The number of ether oxygens (including phenoxy) is 1. The van der Waals surface area contributed by atoms with E-state index in [1.807, 2.05) is 42.7 Å². The third-order valence-corrected chi connectivity index (χ3v) is 6.50. The summed E-state index contributed by atoms with van der Waals surface area (Å²) in [6.07, 6.45) is 0. The van der Waals surface area contributed by atoms with Gasteiger partial charge in [-0.3, -0.25) is 14.7 Å². The lowest BCUT2D eigenvalue weighted by molar-refractivity contribution is -0.142. The number of carbonyl (C=O) groups is 2. The van der Waals surface area contributed by atoms with Crippen molar-refractivity contribution in [3.63, 3.8) is 0 Å². The van der Waals surface area contributed by atoms with Crippen LogP contribution in [0.25, 0.3) is 10.6 Å². The predicted octanol–water partition coefficient (Wildman–Crippen LogP) is 2.79. The van der Waals surface area contributed by atoms with E-state index in [2.05, 4.69) is 23.2 Å². The zero-order valence-electron chi connectivity index (χ0n) is 17.4. The van der Waals surface area contributed by atoms with Gasteiger partial charge in [-0.05, 0) is 25.1 Å². The van der Waals surface area contributed by atoms with Crippen molar-refractivity contribution in [3.05, 3.63) is 28.8 Å². The zero-order chi connectivity index (χ0) is 20.8. The van der Waals surface area contributed by atoms with E-state index in [0.29, 0.717) is 38.5 Å². The lowest BCUT2D eigenvalue weighted by Gasteiger charge is -2.34. The Hall–Kier alpha value is -2.19. The lowest BCUT2D eigenvalue weighted by Crippen LogP contribution is -2.50. The molecule has 2 aliphatic heterocycles. The van der Waals surface area contributed by atoms with Crippen LogP contribution in [-0.2, 0) is 9.53 Å². The van der Waals surface area contributed by atoms with Crippen molar-refractivity contribution in [2.24, 2.45) is 11.3 Å². The van der Waals surface area contributed by atoms with Crippen LogP contribution >= 0.6 is 11.3 Å². The molecular formula is C21H28N4O3S. The molecule has 0 aromatic carbocycles. The minimum absolute atomic E-state index is 0.0947. The van der Waals surface area contributed by atoms with Gasteiger partial charge in [0.05, 0.1) is 29.8 Å². The van der Waals surface area contributed by atoms with Gasteiger partial charge in [0.25, 0.3) is 5.91 Å². The number of carbonyl (C=O) groups excluding carboxylic acids is 2. The molecule has 2 bridgehead atoms. The quantitative estimate of drug-likeness (QED) is 0.817. The van der Waals surface area contributed by atoms with Crippen molar-refractivity contribution < 1.29 is 14.3 Å². The van der Waals surface area contributed by atoms with Crippen LogP contribution in [0.2, 0.25) is 0 Å². The van der Waals surface area contributed by atoms with Crippen molar-refractivity contribution in [1.29, 1.82) is 0 Å². The molecule has 7 nitrogen and oxygen atoms in total. The van der Waals surface area contributed by atoms with Gasteiger partial charge in [-0.25, -0.2) is 0 Å². The Morgan fingerprint density at radius 3 is 2.69 bits per heavy atom. The van der Waals surface area contributed by atoms with Gasteiger partial charge in [-0.1, -0.05) is 20.8 Å². The molecule has 0 spiro atoms. The molecule has 156 valence electrons. The van der Waals surface area contributed by atoms with Gasteiger partial charge in [0, 0.05) is 35.8 Å². The standard InChI is InChI=1S/C21H28N4O3S/c1-13-5-6-18(29-13)16-7-17(23-22-16)19(26)24-8-14-9-25(20(27)21(2,3)4)15(10-24)12-28-11-14/h5-7,14-15H,8-12H2,1-4H3,(H,22,23)/t14-,15-/m0/s1. The van der Waals surface area contributed by atoms with Crippen LogP contribution in [0.1, 0.15) is 36.1 Å². The van der Waals surface area contributed by atoms with E-state index in [0.717, 1.165) is 10.6 Å². The highest BCUT2D eigenvalue weighted by Gasteiger charge is 2.40. The highest BCUT2D eigenvalue weighted by molar-refractivity contribution is 7.15. The third kappa shape index (κ3) is 4.09. The fourth-order valence-electron chi connectivity index (χ4n) is 3.99. The number of aromatic nitrogens is 2. The Kier molecular flexibility index (Phi) is 5.25. The topological polar surface area (TPSA) is 78.5 Å². The number of nitrogens with one attached hydrogen (secondary N) is 1. The maximum atomic E-state index is 13.2. The van der Waals surface area contributed by atoms with Crippen molar-refractivity contribution in [3.8, 4) is 10.6 Å². The van der Waals surface area contributed by atoms with Crippen molar-refractivity contribution >= 4 is 23.2 Å². The summed E-state index contributed by atoms with van der Waals surface area (Å²) >= 11 is 1.67. The van der Waals surface area contributed by atoms with E-state index < -0.39 is 5.41 Å². The fourth-order valence-corrected chi connectivity index (χ4v) is 4.82. The van der Waals surface area contributed by atoms with Gasteiger partial charge in [-0.2, -0.15) is 5.10 Å². The van der Waals surface area contributed by atoms with Crippen molar-refractivity contribution in [2.45, 2.75) is 33.7 Å². The van der Waals surface area contributed by atoms with Crippen LogP contribution in [0.15, 0.2) is 18.2 Å². The molecule has 29 heavy (non-hydrogen) atoms. The SMILES string of the molecule is Cc1ccc(-c2cc(C(=O)N3C[C@@H]4COC[C@H](C3)N(C(=O)C(C)(C)C)C4)n[nH]2)s1. The molecule has 0 aliphatic carbocycles. The van der Waals surface area contributed by atoms with Crippen LogP contribution in [0.4, 0.5) is 0 Å². The molecule has 8 heteroatoms. The summed E-state index contributed by atoms with van der Waals surface area (Å²) in [6, 6.07) is 5.78. The number of hydrogen-bond acceptors (Lipinski definition) is 5. The summed E-state index contributed by atoms with van der Waals surface area (Å²) < 4.78 is 5.80. The zero-order valence-corrected chi connectivity index (χ0v) is 18.2. The maximum Gasteiger partial charge on any atom is 0.274 e. The maximum absolute atomic E-state index is 13.2. The first-order chi connectivity index (χ1) is 13.7. The van der Waals surface area contributed by atoms with E-state index in [1.165, 1.54) is 4.88 Å². The molecule has 2 amide bonds. The number of aryl methyl sites for hydroxylation is 1. The molecule has 2 atom stereocenters. The molecule has 4 heterocycles. The van der Waals surface area contributed by atoms with Crippen LogP contribution < -0.4 is 0 Å². The van der Waals surface area contributed by atoms with E-state index in [9.17, 15) is 9.59 Å². The minimum Gasteiger partial charge on any atom is -0.379 e. The van der Waals surface area contributed by atoms with Gasteiger partial charge < -0.3 is 14.5 Å². The lowest BCUT2D eigenvalue weighted by atomic mass is 9.93. The number of fused-ring (bicyclic) bond motifs is 3. The number of thiophene rings is 1. The van der Waals surface area contributed by atoms with E-state index in [1.54, 1.807) is 11.3 Å². The average molecular weight is 417 g/mol. The average Bonchev–Trinajstić information content (AvgIpc) is 3.19. The van der Waals surface area contributed by atoms with Crippen LogP contribution in [-0.4, -0.2) is 70.7 Å². The smallest absolute Gasteiger partial charge is 0.274 e. The molecule has 0 radical (unpaired) electrons. The summed E-state index contributed by atoms with van der Waals surface area (Å²) in [4.78, 5) is 32.2. The Bertz CT molecular complexity index is 913. The predicted molar refractivity (Wildman–Crippen MR) is 112 cm³/mol. The largest absolute Gasteiger partial charge is 0.379 e. The summed E-state index contributed by atoms with van der Waals surface area (Å²) in [7, 11) is 0. The van der Waals surface area contributed by atoms with E-state index >= 15 is 0 Å². The molecule has 2 saturated heterocycles. The Morgan fingerprint density at radius 1 is 1.21 bits per heavy atom. The molecule has 2 fully saturated rings. The Balaban J connectivity index is 1.54. The van der Waals surface area contributed by atoms with Crippen LogP contribution in [0, 0.1) is 18.3 Å². The summed E-state index contributed by atoms with van der Waals surface area (Å²) in [5.74, 6) is 0.126. The second-order valence-corrected chi connectivity index (χ2v) is 10.3. The van der Waals surface area contributed by atoms with Gasteiger partial charge in [-0.15, -0.1) is 11.3 Å². The number of hydrogen-bond donors (Lipinski definition) is 1. The number of H-pyrrole nitrogens is 1. The number of amides is 2. The first-order valence-electron chi connectivity index (χ1n) is 10.0. The number of rotatable bonds is 2. The second-order valence-electron chi connectivity index (χ2n) is 9.05. The second kappa shape index (κ2) is 7.57. The van der Waals surface area contributed by atoms with Gasteiger partial charge in [0.1, 0.15) is 0 Å². The Morgan fingerprint density at radius 2 is 2.00 bits per heavy atom. The van der Waals surface area contributed by atoms with Gasteiger partial charge in [0.15, 0.2) is 5.69 Å². The molecule has 4 rings (SSSR count). The monoisotopic (exact) mass is 416 g/mol. The van der Waals surface area contributed by atoms with E-state index in [-0.39, 0.29) is 23.8 Å². The number of nitrogens with zero attached hydrogens (tertiary/aromatic N) is 3. The molecule has 2 aliphatic rings. The summed E-state index contributed by atoms with van der Waals surface area (Å²) in [6.45, 7) is 10.6. The molecule has 0 unspecified atom stereocenters.